The summed E-state index contributed by atoms with van der Waals surface area (Å²) in [7, 11) is 0. The third-order valence-electron chi connectivity index (χ3n) is 6.19. The zero-order valence-electron chi connectivity index (χ0n) is 15.0. The van der Waals surface area contributed by atoms with Gasteiger partial charge in [0.05, 0.1) is 30.8 Å². The minimum atomic E-state index is -4.99. The van der Waals surface area contributed by atoms with Crippen molar-refractivity contribution in [2.45, 2.75) is 31.0 Å². The van der Waals surface area contributed by atoms with Crippen LogP contribution in [0.25, 0.3) is 0 Å². The summed E-state index contributed by atoms with van der Waals surface area (Å²) in [5.74, 6) is -8.32. The maximum atomic E-state index is 12.8. The molecule has 0 aromatic heterocycles. The molecule has 3 aliphatic rings. The van der Waals surface area contributed by atoms with Crippen LogP contribution in [0.4, 0.5) is 13.2 Å². The fourth-order valence-electron chi connectivity index (χ4n) is 4.90. The predicted molar refractivity (Wildman–Crippen MR) is 85.8 cm³/mol. The first-order valence-electron chi connectivity index (χ1n) is 8.84. The predicted octanol–water partition coefficient (Wildman–Crippen LogP) is 1.98. The van der Waals surface area contributed by atoms with Crippen LogP contribution in [-0.2, 0) is 38.8 Å². The number of alkyl halides is 3. The maximum absolute atomic E-state index is 12.8. The highest BCUT2D eigenvalue weighted by atomic mass is 19.4. The van der Waals surface area contributed by atoms with E-state index in [1.807, 2.05) is 0 Å². The van der Waals surface area contributed by atoms with Crippen molar-refractivity contribution in [2.75, 3.05) is 6.61 Å². The summed E-state index contributed by atoms with van der Waals surface area (Å²) in [6, 6.07) is 6.34. The van der Waals surface area contributed by atoms with Crippen molar-refractivity contribution in [3.63, 3.8) is 0 Å². The quantitative estimate of drug-likeness (QED) is 0.553. The smallest absolute Gasteiger partial charge is 0.393 e. The van der Waals surface area contributed by atoms with Crippen LogP contribution in [0.2, 0.25) is 0 Å². The Morgan fingerprint density at radius 1 is 1.07 bits per heavy atom. The molecule has 0 spiro atoms. The third-order valence-corrected chi connectivity index (χ3v) is 6.19. The van der Waals surface area contributed by atoms with Crippen molar-refractivity contribution in [3.05, 3.63) is 35.4 Å². The fraction of sp³-hybridized carbons (Fsp3) is 0.474. The Balaban J connectivity index is 1.91. The molecule has 5 atom stereocenters. The molecule has 0 radical (unpaired) electrons. The number of fused-ring (bicyclic) bond motifs is 3. The molecule has 2 heterocycles. The number of carbonyl (C=O) groups excluding carboxylic acids is 4. The van der Waals surface area contributed by atoms with Gasteiger partial charge in [-0.2, -0.15) is 0 Å². The Kier molecular flexibility index (Phi) is 4.30. The van der Waals surface area contributed by atoms with Crippen molar-refractivity contribution in [3.8, 4) is 0 Å². The van der Waals surface area contributed by atoms with E-state index in [-0.39, 0.29) is 6.42 Å². The van der Waals surface area contributed by atoms with Crippen LogP contribution < -0.4 is 0 Å². The van der Waals surface area contributed by atoms with E-state index in [4.69, 9.17) is 4.74 Å². The van der Waals surface area contributed by atoms with Crippen LogP contribution in [-0.4, -0.2) is 36.8 Å². The minimum absolute atomic E-state index is 0.355. The van der Waals surface area contributed by atoms with Crippen molar-refractivity contribution in [2.24, 2.45) is 17.8 Å². The minimum Gasteiger partial charge on any atom is -0.393 e. The van der Waals surface area contributed by atoms with Gasteiger partial charge in [-0.25, -0.2) is 0 Å². The van der Waals surface area contributed by atoms with Crippen LogP contribution in [0.15, 0.2) is 24.3 Å². The Labute approximate surface area is 162 Å². The second kappa shape index (κ2) is 6.38. The molecule has 1 aromatic rings. The molecule has 2 aliphatic heterocycles. The largest absolute Gasteiger partial charge is 0.522 e. The van der Waals surface area contributed by atoms with E-state index >= 15 is 0 Å². The molecule has 2 saturated heterocycles. The fourth-order valence-corrected chi connectivity index (χ4v) is 4.90. The van der Waals surface area contributed by atoms with Gasteiger partial charge in [0.15, 0.2) is 0 Å². The van der Waals surface area contributed by atoms with Gasteiger partial charge in [-0.15, -0.1) is 13.2 Å². The Morgan fingerprint density at radius 3 is 2.38 bits per heavy atom. The number of halogens is 3. The lowest BCUT2D eigenvalue weighted by molar-refractivity contribution is -0.331. The average Bonchev–Trinajstić information content (AvgIpc) is 3.12. The molecule has 0 bridgehead atoms. The van der Waals surface area contributed by atoms with Gasteiger partial charge in [0, 0.05) is 11.3 Å². The molecule has 0 N–H and O–H groups in total. The second-order valence-electron chi connectivity index (χ2n) is 7.53. The summed E-state index contributed by atoms with van der Waals surface area (Å²) >= 11 is 0. The first-order chi connectivity index (χ1) is 13.5. The van der Waals surface area contributed by atoms with Crippen LogP contribution in [0, 0.1) is 17.8 Å². The van der Waals surface area contributed by atoms with E-state index < -0.39 is 65.9 Å². The SMILES string of the molecule is CC1(C2CC(=O)OC2=O)c2ccccc2C2C(=O)OC(=O)C2C1COC(F)(F)F. The molecule has 7 nitrogen and oxygen atoms in total. The van der Waals surface area contributed by atoms with Gasteiger partial charge >= 0.3 is 30.2 Å². The number of carbonyl (C=O) groups is 4. The highest BCUT2D eigenvalue weighted by Crippen LogP contribution is 2.57. The molecule has 10 heteroatoms. The molecule has 154 valence electrons. The summed E-state index contributed by atoms with van der Waals surface area (Å²) in [5, 5.41) is 0. The molecular formula is C19H15F3O7. The summed E-state index contributed by atoms with van der Waals surface area (Å²) in [6.07, 6.45) is -5.35. The van der Waals surface area contributed by atoms with Crippen LogP contribution in [0.5, 0.6) is 0 Å². The van der Waals surface area contributed by atoms with E-state index in [0.29, 0.717) is 11.1 Å². The molecule has 1 aliphatic carbocycles. The van der Waals surface area contributed by atoms with Crippen molar-refractivity contribution >= 4 is 23.9 Å². The van der Waals surface area contributed by atoms with Crippen LogP contribution in [0.3, 0.4) is 0 Å². The number of ether oxygens (including phenoxy) is 3. The lowest BCUT2D eigenvalue weighted by Crippen LogP contribution is -2.53. The lowest BCUT2D eigenvalue weighted by Gasteiger charge is -2.48. The van der Waals surface area contributed by atoms with Crippen molar-refractivity contribution in [1.29, 1.82) is 0 Å². The monoisotopic (exact) mass is 412 g/mol. The molecule has 0 saturated carbocycles. The van der Waals surface area contributed by atoms with Gasteiger partial charge in [-0.3, -0.25) is 23.9 Å². The van der Waals surface area contributed by atoms with Crippen LogP contribution >= 0.6 is 0 Å². The third kappa shape index (κ3) is 2.93. The van der Waals surface area contributed by atoms with Gasteiger partial charge in [0.1, 0.15) is 0 Å². The first-order valence-corrected chi connectivity index (χ1v) is 8.84. The molecule has 0 amide bonds. The zero-order valence-corrected chi connectivity index (χ0v) is 15.0. The number of rotatable bonds is 3. The van der Waals surface area contributed by atoms with E-state index in [1.54, 1.807) is 24.3 Å². The topological polar surface area (TPSA) is 96.0 Å². The van der Waals surface area contributed by atoms with E-state index in [9.17, 15) is 32.3 Å². The molecule has 29 heavy (non-hydrogen) atoms. The van der Waals surface area contributed by atoms with E-state index in [2.05, 4.69) is 9.47 Å². The number of hydrogen-bond donors (Lipinski definition) is 0. The van der Waals surface area contributed by atoms with Crippen molar-refractivity contribution < 1.29 is 46.6 Å². The number of cyclic esters (lactones) is 4. The van der Waals surface area contributed by atoms with Gasteiger partial charge in [0.2, 0.25) is 0 Å². The van der Waals surface area contributed by atoms with Gasteiger partial charge < -0.3 is 9.47 Å². The number of hydrogen-bond acceptors (Lipinski definition) is 7. The summed E-state index contributed by atoms with van der Waals surface area (Å²) in [5.41, 5.74) is -0.665. The molecule has 5 unspecified atom stereocenters. The van der Waals surface area contributed by atoms with Gasteiger partial charge in [-0.05, 0) is 11.1 Å². The standard InChI is InChI=1S/C19H15F3O7/c1-18(10-6-12(23)28-15(10)24)9-5-3-2-4-8(9)13-14(17(26)29-16(13)25)11(18)7-27-19(20,21)22/h2-5,10-11,13-14H,6-7H2,1H3. The van der Waals surface area contributed by atoms with Gasteiger partial charge in [0.25, 0.3) is 0 Å². The highest BCUT2D eigenvalue weighted by molar-refractivity contribution is 6.01. The van der Waals surface area contributed by atoms with Crippen LogP contribution in [0.1, 0.15) is 30.4 Å². The molecule has 4 rings (SSSR count). The number of benzene rings is 1. The maximum Gasteiger partial charge on any atom is 0.522 e. The lowest BCUT2D eigenvalue weighted by atomic mass is 9.52. The Morgan fingerprint density at radius 2 is 1.76 bits per heavy atom. The second-order valence-corrected chi connectivity index (χ2v) is 7.53. The molecule has 1 aromatic carbocycles. The Bertz CT molecular complexity index is 925. The highest BCUT2D eigenvalue weighted by Gasteiger charge is 2.64. The Hall–Kier alpha value is -2.75. The number of esters is 4. The first kappa shape index (κ1) is 19.6. The van der Waals surface area contributed by atoms with Gasteiger partial charge in [-0.1, -0.05) is 31.2 Å². The normalized spacial score (nSPS) is 33.9. The zero-order chi connectivity index (χ0) is 21.1. The summed E-state index contributed by atoms with van der Waals surface area (Å²) in [4.78, 5) is 48.9. The van der Waals surface area contributed by atoms with E-state index in [1.165, 1.54) is 6.92 Å². The summed E-state index contributed by atoms with van der Waals surface area (Å²) < 4.78 is 51.9. The van der Waals surface area contributed by atoms with E-state index in [0.717, 1.165) is 0 Å². The average molecular weight is 412 g/mol. The molecule has 2 fully saturated rings. The summed E-state index contributed by atoms with van der Waals surface area (Å²) in [6.45, 7) is 0.503. The molecular weight excluding hydrogens is 397 g/mol. The van der Waals surface area contributed by atoms with Crippen molar-refractivity contribution in [1.82, 2.24) is 0 Å².